The molecule has 1 aliphatic carbocycles. The van der Waals surface area contributed by atoms with Crippen LogP contribution in [-0.2, 0) is 0 Å². The van der Waals surface area contributed by atoms with E-state index in [9.17, 15) is 10.2 Å². The Morgan fingerprint density at radius 3 is 2.65 bits per heavy atom. The van der Waals surface area contributed by atoms with E-state index in [-0.39, 0.29) is 12.1 Å². The van der Waals surface area contributed by atoms with Crippen LogP contribution in [0.25, 0.3) is 11.0 Å². The zero-order chi connectivity index (χ0) is 14.3. The van der Waals surface area contributed by atoms with E-state index in [1.165, 1.54) is 0 Å². The molecule has 3 rings (SSSR count). The zero-order valence-corrected chi connectivity index (χ0v) is 11.7. The van der Waals surface area contributed by atoms with Gasteiger partial charge in [0.05, 0.1) is 17.1 Å². The monoisotopic (exact) mass is 275 g/mol. The van der Waals surface area contributed by atoms with Crippen LogP contribution in [0.5, 0.6) is 0 Å². The standard InChI is InChI=1S/C15H21N3O2/c1-9(19)15-17-13-8-10(16)2-7-14(13)18(15)11-3-5-12(20)6-4-11/h2,7-9,11-12,19-20H,3-6,16H2,1H3. The van der Waals surface area contributed by atoms with Gasteiger partial charge in [-0.3, -0.25) is 0 Å². The first kappa shape index (κ1) is 13.4. The molecule has 0 radical (unpaired) electrons. The number of hydrogen-bond donors (Lipinski definition) is 3. The Morgan fingerprint density at radius 1 is 1.30 bits per heavy atom. The second-order valence-corrected chi connectivity index (χ2v) is 5.73. The van der Waals surface area contributed by atoms with Gasteiger partial charge < -0.3 is 20.5 Å². The number of imidazole rings is 1. The summed E-state index contributed by atoms with van der Waals surface area (Å²) < 4.78 is 2.13. The SMILES string of the molecule is CC(O)c1nc2cc(N)ccc2n1C1CCC(O)CC1. The highest BCUT2D eigenvalue weighted by molar-refractivity contribution is 5.80. The first-order chi connectivity index (χ1) is 9.56. The van der Waals surface area contributed by atoms with E-state index in [2.05, 4.69) is 9.55 Å². The summed E-state index contributed by atoms with van der Waals surface area (Å²) in [6.07, 6.45) is 2.63. The quantitative estimate of drug-likeness (QED) is 0.733. The Hall–Kier alpha value is -1.59. The lowest BCUT2D eigenvalue weighted by atomic mass is 9.92. The molecule has 20 heavy (non-hydrogen) atoms. The smallest absolute Gasteiger partial charge is 0.138 e. The number of rotatable bonds is 2. The van der Waals surface area contributed by atoms with Gasteiger partial charge in [-0.25, -0.2) is 4.98 Å². The van der Waals surface area contributed by atoms with Crippen molar-refractivity contribution >= 4 is 16.7 Å². The Morgan fingerprint density at radius 2 is 2.00 bits per heavy atom. The fourth-order valence-electron chi connectivity index (χ4n) is 3.13. The molecular weight excluding hydrogens is 254 g/mol. The van der Waals surface area contributed by atoms with Crippen molar-refractivity contribution < 1.29 is 10.2 Å². The van der Waals surface area contributed by atoms with Crippen LogP contribution in [-0.4, -0.2) is 25.9 Å². The Bertz CT molecular complexity index is 613. The molecule has 1 unspecified atom stereocenters. The summed E-state index contributed by atoms with van der Waals surface area (Å²) in [5.41, 5.74) is 8.33. The van der Waals surface area contributed by atoms with Crippen LogP contribution in [0.15, 0.2) is 18.2 Å². The van der Waals surface area contributed by atoms with Gasteiger partial charge in [-0.2, -0.15) is 0 Å². The van der Waals surface area contributed by atoms with Gasteiger partial charge in [0.1, 0.15) is 11.9 Å². The van der Waals surface area contributed by atoms with E-state index in [4.69, 9.17) is 5.73 Å². The van der Waals surface area contributed by atoms with Crippen molar-refractivity contribution in [2.24, 2.45) is 0 Å². The Kier molecular flexibility index (Phi) is 3.40. The Balaban J connectivity index is 2.09. The molecule has 5 heteroatoms. The van der Waals surface area contributed by atoms with Crippen molar-refractivity contribution in [3.05, 3.63) is 24.0 Å². The van der Waals surface area contributed by atoms with Crippen molar-refractivity contribution in [3.63, 3.8) is 0 Å². The average molecular weight is 275 g/mol. The summed E-state index contributed by atoms with van der Waals surface area (Å²) in [5.74, 6) is 0.687. The molecular formula is C15H21N3O2. The number of benzene rings is 1. The molecule has 1 fully saturated rings. The van der Waals surface area contributed by atoms with Crippen molar-refractivity contribution in [1.82, 2.24) is 9.55 Å². The van der Waals surface area contributed by atoms with E-state index >= 15 is 0 Å². The van der Waals surface area contributed by atoms with Crippen LogP contribution in [0.2, 0.25) is 0 Å². The van der Waals surface area contributed by atoms with Crippen LogP contribution in [0, 0.1) is 0 Å². The molecule has 2 aromatic rings. The summed E-state index contributed by atoms with van der Waals surface area (Å²) in [5, 5.41) is 19.7. The third-order valence-corrected chi connectivity index (χ3v) is 4.15. The van der Waals surface area contributed by atoms with Gasteiger partial charge >= 0.3 is 0 Å². The van der Waals surface area contributed by atoms with E-state index in [1.54, 1.807) is 6.92 Å². The first-order valence-corrected chi connectivity index (χ1v) is 7.19. The van der Waals surface area contributed by atoms with Crippen molar-refractivity contribution in [3.8, 4) is 0 Å². The van der Waals surface area contributed by atoms with Crippen molar-refractivity contribution in [2.45, 2.75) is 50.9 Å². The van der Waals surface area contributed by atoms with E-state index < -0.39 is 6.10 Å². The second-order valence-electron chi connectivity index (χ2n) is 5.73. The second kappa shape index (κ2) is 5.07. The van der Waals surface area contributed by atoms with Crippen LogP contribution < -0.4 is 5.73 Å². The zero-order valence-electron chi connectivity index (χ0n) is 11.7. The molecule has 1 aromatic heterocycles. The number of fused-ring (bicyclic) bond motifs is 1. The molecule has 5 nitrogen and oxygen atoms in total. The number of nitrogen functional groups attached to an aromatic ring is 1. The highest BCUT2D eigenvalue weighted by atomic mass is 16.3. The lowest BCUT2D eigenvalue weighted by Gasteiger charge is -2.28. The van der Waals surface area contributed by atoms with Crippen molar-refractivity contribution in [1.29, 1.82) is 0 Å². The van der Waals surface area contributed by atoms with E-state index in [0.29, 0.717) is 11.5 Å². The number of aliphatic hydroxyl groups is 2. The van der Waals surface area contributed by atoms with Gasteiger partial charge in [0, 0.05) is 11.7 Å². The molecule has 1 aliphatic rings. The van der Waals surface area contributed by atoms with Gasteiger partial charge in [0.25, 0.3) is 0 Å². The molecule has 0 bridgehead atoms. The summed E-state index contributed by atoms with van der Waals surface area (Å²) in [6.45, 7) is 1.73. The van der Waals surface area contributed by atoms with E-state index in [1.807, 2.05) is 18.2 Å². The molecule has 1 saturated carbocycles. The molecule has 0 aliphatic heterocycles. The van der Waals surface area contributed by atoms with Gasteiger partial charge in [-0.15, -0.1) is 0 Å². The highest BCUT2D eigenvalue weighted by Crippen LogP contribution is 2.34. The lowest BCUT2D eigenvalue weighted by molar-refractivity contribution is 0.107. The minimum absolute atomic E-state index is 0.188. The summed E-state index contributed by atoms with van der Waals surface area (Å²) in [4.78, 5) is 4.54. The third-order valence-electron chi connectivity index (χ3n) is 4.15. The van der Waals surface area contributed by atoms with Gasteiger partial charge in [0.2, 0.25) is 0 Å². The van der Waals surface area contributed by atoms with Crippen LogP contribution >= 0.6 is 0 Å². The molecule has 108 valence electrons. The first-order valence-electron chi connectivity index (χ1n) is 7.19. The maximum absolute atomic E-state index is 9.99. The molecule has 0 amide bonds. The fourth-order valence-corrected chi connectivity index (χ4v) is 3.13. The highest BCUT2D eigenvalue weighted by Gasteiger charge is 2.26. The minimum atomic E-state index is -0.615. The number of hydrogen-bond acceptors (Lipinski definition) is 4. The third kappa shape index (κ3) is 2.27. The molecule has 0 saturated heterocycles. The van der Waals surface area contributed by atoms with Crippen LogP contribution in [0.1, 0.15) is 50.6 Å². The van der Waals surface area contributed by atoms with Gasteiger partial charge in [-0.1, -0.05) is 0 Å². The van der Waals surface area contributed by atoms with Gasteiger partial charge in [0.15, 0.2) is 0 Å². The van der Waals surface area contributed by atoms with Crippen molar-refractivity contribution in [2.75, 3.05) is 5.73 Å². The number of aliphatic hydroxyl groups excluding tert-OH is 2. The lowest BCUT2D eigenvalue weighted by Crippen LogP contribution is -2.22. The number of anilines is 1. The maximum Gasteiger partial charge on any atom is 0.138 e. The molecule has 1 heterocycles. The number of nitrogens with zero attached hydrogens (tertiary/aromatic N) is 2. The normalized spacial score (nSPS) is 24.9. The maximum atomic E-state index is 9.99. The largest absolute Gasteiger partial charge is 0.399 e. The fraction of sp³-hybridized carbons (Fsp3) is 0.533. The molecule has 4 N–H and O–H groups in total. The predicted molar refractivity (Wildman–Crippen MR) is 78.3 cm³/mol. The van der Waals surface area contributed by atoms with Crippen LogP contribution in [0.4, 0.5) is 5.69 Å². The summed E-state index contributed by atoms with van der Waals surface area (Å²) in [7, 11) is 0. The number of aromatic nitrogens is 2. The topological polar surface area (TPSA) is 84.3 Å². The molecule has 1 aromatic carbocycles. The average Bonchev–Trinajstić information content (AvgIpc) is 2.78. The van der Waals surface area contributed by atoms with Crippen LogP contribution in [0.3, 0.4) is 0 Å². The number of nitrogens with two attached hydrogens (primary N) is 1. The van der Waals surface area contributed by atoms with Gasteiger partial charge in [-0.05, 0) is 50.8 Å². The minimum Gasteiger partial charge on any atom is -0.399 e. The predicted octanol–water partition coefficient (Wildman–Crippen LogP) is 2.15. The Labute approximate surface area is 118 Å². The summed E-state index contributed by atoms with van der Waals surface area (Å²) >= 11 is 0. The molecule has 0 spiro atoms. The van der Waals surface area contributed by atoms with E-state index in [0.717, 1.165) is 36.7 Å². The summed E-state index contributed by atoms with van der Waals surface area (Å²) in [6, 6.07) is 5.96. The molecule has 1 atom stereocenters.